The summed E-state index contributed by atoms with van der Waals surface area (Å²) in [7, 11) is 1.35. The second-order valence-corrected chi connectivity index (χ2v) is 8.36. The molecule has 1 fully saturated rings. The van der Waals surface area contributed by atoms with Crippen molar-refractivity contribution in [2.45, 2.75) is 44.9 Å². The summed E-state index contributed by atoms with van der Waals surface area (Å²) in [4.78, 5) is 36.4. The first kappa shape index (κ1) is 21.7. The minimum absolute atomic E-state index is 0.0207. The van der Waals surface area contributed by atoms with E-state index in [0.29, 0.717) is 41.1 Å². The van der Waals surface area contributed by atoms with Crippen LogP contribution in [0.25, 0.3) is 10.8 Å². The van der Waals surface area contributed by atoms with Gasteiger partial charge in [0.05, 0.1) is 23.8 Å². The average Bonchev–Trinajstić information content (AvgIpc) is 3.33. The fourth-order valence-electron chi connectivity index (χ4n) is 4.36. The van der Waals surface area contributed by atoms with Crippen LogP contribution in [0.2, 0.25) is 0 Å². The van der Waals surface area contributed by atoms with E-state index in [4.69, 9.17) is 4.74 Å². The van der Waals surface area contributed by atoms with Crippen LogP contribution in [0.4, 0.5) is 5.69 Å². The van der Waals surface area contributed by atoms with E-state index in [1.54, 1.807) is 24.3 Å². The Morgan fingerprint density at radius 3 is 2.56 bits per heavy atom. The van der Waals surface area contributed by atoms with Crippen molar-refractivity contribution < 1.29 is 14.3 Å². The van der Waals surface area contributed by atoms with Gasteiger partial charge in [0, 0.05) is 23.9 Å². The molecule has 0 spiro atoms. The van der Waals surface area contributed by atoms with Gasteiger partial charge in [-0.3, -0.25) is 9.59 Å². The molecule has 7 nitrogen and oxygen atoms in total. The van der Waals surface area contributed by atoms with Crippen LogP contribution in [0.1, 0.15) is 60.1 Å². The first-order chi connectivity index (χ1) is 15.5. The minimum atomic E-state index is -0.387. The lowest BCUT2D eigenvalue weighted by molar-refractivity contribution is -0.116. The second kappa shape index (κ2) is 9.77. The van der Waals surface area contributed by atoms with Crippen LogP contribution in [0, 0.1) is 5.92 Å². The molecule has 7 heteroatoms. The molecular formula is C25H27N3O4. The lowest BCUT2D eigenvalue weighted by Gasteiger charge is -2.11. The lowest BCUT2D eigenvalue weighted by atomic mass is 10.0. The van der Waals surface area contributed by atoms with E-state index in [9.17, 15) is 14.4 Å². The maximum absolute atomic E-state index is 12.4. The predicted molar refractivity (Wildman–Crippen MR) is 123 cm³/mol. The van der Waals surface area contributed by atoms with Crippen molar-refractivity contribution in [3.63, 3.8) is 0 Å². The van der Waals surface area contributed by atoms with E-state index in [0.717, 1.165) is 17.4 Å². The summed E-state index contributed by atoms with van der Waals surface area (Å²) in [6, 6.07) is 12.4. The quantitative estimate of drug-likeness (QED) is 0.544. The number of nitrogens with zero attached hydrogens (tertiary/aromatic N) is 1. The van der Waals surface area contributed by atoms with Crippen molar-refractivity contribution in [2.24, 2.45) is 5.92 Å². The molecule has 1 aliphatic rings. The molecule has 1 saturated carbocycles. The summed E-state index contributed by atoms with van der Waals surface area (Å²) in [6.07, 6.45) is 6.89. The standard InChI is InChI=1S/C25H27N3O4/c1-32-25(31)18-9-6-17(7-10-18)14-22-20-12-11-19(15-21(20)24(30)28-27-22)26-23(29)13-8-16-4-2-3-5-16/h6-7,9-12,15-16H,2-5,8,13-14H2,1H3,(H,26,29)(H,28,30). The van der Waals surface area contributed by atoms with Crippen LogP contribution in [0.3, 0.4) is 0 Å². The van der Waals surface area contributed by atoms with Gasteiger partial charge in [0.1, 0.15) is 0 Å². The highest BCUT2D eigenvalue weighted by Gasteiger charge is 2.16. The Balaban J connectivity index is 1.49. The third-order valence-electron chi connectivity index (χ3n) is 6.15. The van der Waals surface area contributed by atoms with Crippen LogP contribution in [-0.2, 0) is 16.0 Å². The SMILES string of the molecule is COC(=O)c1ccc(Cc2n[nH]c(=O)c3cc(NC(=O)CCC4CCCC4)ccc23)cc1. The monoisotopic (exact) mass is 433 g/mol. The zero-order valence-electron chi connectivity index (χ0n) is 18.1. The van der Waals surface area contributed by atoms with Crippen LogP contribution in [0.15, 0.2) is 47.3 Å². The number of benzene rings is 2. The van der Waals surface area contributed by atoms with Gasteiger partial charge in [-0.05, 0) is 42.2 Å². The highest BCUT2D eigenvalue weighted by atomic mass is 16.5. The molecule has 0 unspecified atom stereocenters. The fraction of sp³-hybridized carbons (Fsp3) is 0.360. The Hall–Kier alpha value is -3.48. The van der Waals surface area contributed by atoms with Gasteiger partial charge in [-0.1, -0.05) is 43.9 Å². The van der Waals surface area contributed by atoms with Crippen molar-refractivity contribution in [3.8, 4) is 0 Å². The number of anilines is 1. The molecular weight excluding hydrogens is 406 g/mol. The molecule has 2 aromatic carbocycles. The van der Waals surface area contributed by atoms with Gasteiger partial charge in [-0.2, -0.15) is 5.10 Å². The molecule has 0 bridgehead atoms. The van der Waals surface area contributed by atoms with E-state index < -0.39 is 0 Å². The summed E-state index contributed by atoms with van der Waals surface area (Å²) in [6.45, 7) is 0. The second-order valence-electron chi connectivity index (χ2n) is 8.36. The summed E-state index contributed by atoms with van der Waals surface area (Å²) < 4.78 is 4.72. The van der Waals surface area contributed by atoms with E-state index in [1.165, 1.54) is 32.8 Å². The highest BCUT2D eigenvalue weighted by Crippen LogP contribution is 2.28. The smallest absolute Gasteiger partial charge is 0.337 e. The number of H-pyrrole nitrogens is 1. The topological polar surface area (TPSA) is 101 Å². The minimum Gasteiger partial charge on any atom is -0.465 e. The van der Waals surface area contributed by atoms with Crippen LogP contribution < -0.4 is 10.9 Å². The number of aromatic nitrogens is 2. The van der Waals surface area contributed by atoms with Crippen molar-refractivity contribution in [1.82, 2.24) is 10.2 Å². The molecule has 1 aliphatic carbocycles. The number of carbonyl (C=O) groups excluding carboxylic acids is 2. The first-order valence-corrected chi connectivity index (χ1v) is 11.0. The number of fused-ring (bicyclic) bond motifs is 1. The average molecular weight is 434 g/mol. The van der Waals surface area contributed by atoms with Gasteiger partial charge < -0.3 is 10.1 Å². The van der Waals surface area contributed by atoms with Crippen LogP contribution in [0.5, 0.6) is 0 Å². The molecule has 0 saturated heterocycles. The number of hydrogen-bond acceptors (Lipinski definition) is 5. The van der Waals surface area contributed by atoms with Gasteiger partial charge in [0.25, 0.3) is 5.56 Å². The first-order valence-electron chi connectivity index (χ1n) is 11.0. The van der Waals surface area contributed by atoms with Crippen LogP contribution in [-0.4, -0.2) is 29.2 Å². The summed E-state index contributed by atoms with van der Waals surface area (Å²) >= 11 is 0. The molecule has 4 rings (SSSR count). The maximum Gasteiger partial charge on any atom is 0.337 e. The number of rotatable bonds is 7. The molecule has 0 atom stereocenters. The van der Waals surface area contributed by atoms with Crippen molar-refractivity contribution >= 4 is 28.3 Å². The van der Waals surface area contributed by atoms with Gasteiger partial charge in [0.2, 0.25) is 5.91 Å². The Labute approximate surface area is 186 Å². The summed E-state index contributed by atoms with van der Waals surface area (Å²) in [5, 5.41) is 10.9. The van der Waals surface area contributed by atoms with Crippen molar-refractivity contribution in [1.29, 1.82) is 0 Å². The zero-order valence-corrected chi connectivity index (χ0v) is 18.1. The molecule has 32 heavy (non-hydrogen) atoms. The molecule has 2 N–H and O–H groups in total. The van der Waals surface area contributed by atoms with Crippen molar-refractivity contribution in [2.75, 3.05) is 12.4 Å². The van der Waals surface area contributed by atoms with E-state index in [2.05, 4.69) is 15.5 Å². The number of aromatic amines is 1. The van der Waals surface area contributed by atoms with E-state index in [-0.39, 0.29) is 17.4 Å². The Morgan fingerprint density at radius 1 is 1.09 bits per heavy atom. The predicted octanol–water partition coefficient (Wildman–Crippen LogP) is 4.21. The summed E-state index contributed by atoms with van der Waals surface area (Å²) in [5.41, 5.74) is 2.45. The third-order valence-corrected chi connectivity index (χ3v) is 6.15. The molecule has 166 valence electrons. The molecule has 0 aliphatic heterocycles. The van der Waals surface area contributed by atoms with E-state index >= 15 is 0 Å². The highest BCUT2D eigenvalue weighted by molar-refractivity contribution is 5.94. The molecule has 0 radical (unpaired) electrons. The zero-order chi connectivity index (χ0) is 22.5. The number of nitrogens with one attached hydrogen (secondary N) is 2. The Bertz CT molecular complexity index is 1180. The fourth-order valence-corrected chi connectivity index (χ4v) is 4.36. The van der Waals surface area contributed by atoms with Gasteiger partial charge >= 0.3 is 5.97 Å². The number of esters is 1. The van der Waals surface area contributed by atoms with Crippen LogP contribution >= 0.6 is 0 Å². The maximum atomic E-state index is 12.4. The summed E-state index contributed by atoms with van der Waals surface area (Å²) in [5.74, 6) is 0.255. The van der Waals surface area contributed by atoms with Gasteiger partial charge in [-0.15, -0.1) is 0 Å². The molecule has 1 aromatic heterocycles. The Kier molecular flexibility index (Phi) is 6.63. The lowest BCUT2D eigenvalue weighted by Crippen LogP contribution is -2.15. The number of hydrogen-bond donors (Lipinski definition) is 2. The number of carbonyl (C=O) groups is 2. The Morgan fingerprint density at radius 2 is 1.84 bits per heavy atom. The molecule has 1 heterocycles. The molecule has 3 aromatic rings. The number of ether oxygens (including phenoxy) is 1. The normalized spacial score (nSPS) is 13.9. The van der Waals surface area contributed by atoms with Gasteiger partial charge in [0.15, 0.2) is 0 Å². The van der Waals surface area contributed by atoms with Crippen molar-refractivity contribution in [3.05, 3.63) is 69.6 Å². The van der Waals surface area contributed by atoms with Gasteiger partial charge in [-0.25, -0.2) is 9.89 Å². The third kappa shape index (κ3) is 5.04. The molecule has 1 amide bonds. The number of methoxy groups -OCH3 is 1. The number of amides is 1. The van der Waals surface area contributed by atoms with E-state index in [1.807, 2.05) is 18.2 Å². The largest absolute Gasteiger partial charge is 0.465 e.